The summed E-state index contributed by atoms with van der Waals surface area (Å²) in [6.45, 7) is 0. The van der Waals surface area contributed by atoms with Gasteiger partial charge in [0.15, 0.2) is 0 Å². The molecule has 7 heteroatoms. The zero-order valence-corrected chi connectivity index (χ0v) is 14.9. The average molecular weight is 378 g/mol. The Kier molecular flexibility index (Phi) is 5.44. The molecule has 0 saturated heterocycles. The number of rotatable bonds is 8. The van der Waals surface area contributed by atoms with Crippen molar-refractivity contribution >= 4 is 29.8 Å². The van der Waals surface area contributed by atoms with Crippen LogP contribution in [0.5, 0.6) is 0 Å². The minimum atomic E-state index is -1.29. The number of Topliss-reactive ketones (excluding diaryl/α,β-unsaturated/α-hetero) is 1. The van der Waals surface area contributed by atoms with Gasteiger partial charge in [-0.05, 0) is 17.7 Å². The predicted molar refractivity (Wildman–Crippen MR) is 99.1 cm³/mol. The maximum atomic E-state index is 12.9. The molecule has 2 atom stereocenters. The van der Waals surface area contributed by atoms with Gasteiger partial charge in [0.05, 0.1) is 17.2 Å². The van der Waals surface area contributed by atoms with E-state index < -0.39 is 35.5 Å². The van der Waals surface area contributed by atoms with Crippen molar-refractivity contribution in [1.82, 2.24) is 4.90 Å². The third kappa shape index (κ3) is 3.46. The summed E-state index contributed by atoms with van der Waals surface area (Å²) in [6.07, 6.45) is -0.193. The molecule has 0 aliphatic carbocycles. The van der Waals surface area contributed by atoms with Gasteiger partial charge in [-0.25, -0.2) is 0 Å². The Bertz CT molecular complexity index is 919. The second-order valence-corrected chi connectivity index (χ2v) is 6.48. The van der Waals surface area contributed by atoms with Gasteiger partial charge in [-0.2, -0.15) is 0 Å². The second-order valence-electron chi connectivity index (χ2n) is 6.48. The number of benzene rings is 2. The van der Waals surface area contributed by atoms with Crippen LogP contribution in [0.3, 0.4) is 0 Å². The Morgan fingerprint density at radius 1 is 0.929 bits per heavy atom. The van der Waals surface area contributed by atoms with Crippen LogP contribution in [0.15, 0.2) is 54.6 Å². The fourth-order valence-corrected chi connectivity index (χ4v) is 3.36. The third-order valence-corrected chi connectivity index (χ3v) is 4.78. The van der Waals surface area contributed by atoms with Gasteiger partial charge in [0, 0.05) is 12.8 Å². The second kappa shape index (κ2) is 7.96. The molecule has 0 fully saturated rings. The van der Waals surface area contributed by atoms with Gasteiger partial charge in [-0.1, -0.05) is 42.5 Å². The van der Waals surface area contributed by atoms with Gasteiger partial charge < -0.3 is 10.5 Å². The van der Waals surface area contributed by atoms with Crippen LogP contribution in [0.4, 0.5) is 0 Å². The highest BCUT2D eigenvalue weighted by Gasteiger charge is 2.42. The molecule has 28 heavy (non-hydrogen) atoms. The summed E-state index contributed by atoms with van der Waals surface area (Å²) >= 11 is 0. The molecule has 3 rings (SSSR count). The number of ketones is 1. The van der Waals surface area contributed by atoms with E-state index in [1.165, 1.54) is 0 Å². The van der Waals surface area contributed by atoms with E-state index >= 15 is 0 Å². The highest BCUT2D eigenvalue weighted by molar-refractivity contribution is 6.21. The highest BCUT2D eigenvalue weighted by atomic mass is 16.2. The zero-order chi connectivity index (χ0) is 20.3. The van der Waals surface area contributed by atoms with Crippen molar-refractivity contribution in [3.63, 3.8) is 0 Å². The number of imide groups is 1. The molecule has 1 aliphatic rings. The van der Waals surface area contributed by atoms with E-state index in [4.69, 9.17) is 5.73 Å². The number of carbonyl (C=O) groups is 5. The third-order valence-electron chi connectivity index (χ3n) is 4.78. The molecule has 2 unspecified atom stereocenters. The van der Waals surface area contributed by atoms with Crippen molar-refractivity contribution in [2.45, 2.75) is 18.9 Å². The molecule has 0 saturated carbocycles. The molecule has 1 heterocycles. The van der Waals surface area contributed by atoms with Crippen molar-refractivity contribution < 1.29 is 24.0 Å². The number of nitrogens with zero attached hydrogens (tertiary/aromatic N) is 1. The number of fused-ring (bicyclic) bond motifs is 1. The first-order chi connectivity index (χ1) is 13.5. The Balaban J connectivity index is 1.99. The molecule has 2 aromatic carbocycles. The Morgan fingerprint density at radius 3 is 1.96 bits per heavy atom. The van der Waals surface area contributed by atoms with Crippen LogP contribution in [0.2, 0.25) is 0 Å². The van der Waals surface area contributed by atoms with E-state index in [0.717, 1.165) is 4.90 Å². The molecule has 0 aromatic heterocycles. The lowest BCUT2D eigenvalue weighted by Gasteiger charge is -2.27. The summed E-state index contributed by atoms with van der Waals surface area (Å²) in [4.78, 5) is 61.9. The fourth-order valence-electron chi connectivity index (χ4n) is 3.36. The summed E-state index contributed by atoms with van der Waals surface area (Å²) in [5.74, 6) is -3.81. The standard InChI is InChI=1S/C21H18N2O5/c22-19(26)16(10-11-24)18(25)12-17(13-6-2-1-3-7-13)23-20(27)14-8-4-5-9-15(14)21(23)28/h1-9,11,16-17H,10,12H2,(H2,22,26). The SMILES string of the molecule is NC(=O)C(CC=O)C(=O)CC(c1ccccc1)N1C(=O)c2ccccc2C1=O. The summed E-state index contributed by atoms with van der Waals surface area (Å²) in [5, 5.41) is 0. The maximum absolute atomic E-state index is 12.9. The van der Waals surface area contributed by atoms with Crippen LogP contribution < -0.4 is 5.73 Å². The number of aldehydes is 1. The van der Waals surface area contributed by atoms with Gasteiger partial charge in [-0.15, -0.1) is 0 Å². The lowest BCUT2D eigenvalue weighted by Crippen LogP contribution is -2.38. The van der Waals surface area contributed by atoms with E-state index in [9.17, 15) is 24.0 Å². The van der Waals surface area contributed by atoms with Crippen molar-refractivity contribution in [3.8, 4) is 0 Å². The zero-order valence-electron chi connectivity index (χ0n) is 14.9. The first-order valence-corrected chi connectivity index (χ1v) is 8.73. The molecule has 1 aliphatic heterocycles. The molecular weight excluding hydrogens is 360 g/mol. The maximum Gasteiger partial charge on any atom is 0.262 e. The smallest absolute Gasteiger partial charge is 0.262 e. The molecule has 142 valence electrons. The van der Waals surface area contributed by atoms with Gasteiger partial charge in [0.25, 0.3) is 11.8 Å². The highest BCUT2D eigenvalue weighted by Crippen LogP contribution is 2.34. The number of hydrogen-bond donors (Lipinski definition) is 1. The van der Waals surface area contributed by atoms with Crippen LogP contribution in [0.1, 0.15) is 45.2 Å². The fraction of sp³-hybridized carbons (Fsp3) is 0.190. The van der Waals surface area contributed by atoms with Gasteiger partial charge in [0.2, 0.25) is 5.91 Å². The van der Waals surface area contributed by atoms with Crippen LogP contribution in [0, 0.1) is 5.92 Å². The van der Waals surface area contributed by atoms with Crippen molar-refractivity contribution in [3.05, 3.63) is 71.3 Å². The van der Waals surface area contributed by atoms with Gasteiger partial charge in [-0.3, -0.25) is 24.1 Å². The van der Waals surface area contributed by atoms with Crippen LogP contribution in [-0.4, -0.2) is 34.7 Å². The van der Waals surface area contributed by atoms with Crippen molar-refractivity contribution in [2.24, 2.45) is 11.7 Å². The molecule has 2 N–H and O–H groups in total. The summed E-state index contributed by atoms with van der Waals surface area (Å²) in [6, 6.07) is 14.1. The number of hydrogen-bond acceptors (Lipinski definition) is 5. The number of carbonyl (C=O) groups excluding carboxylic acids is 5. The van der Waals surface area contributed by atoms with Crippen molar-refractivity contribution in [2.75, 3.05) is 0 Å². The quantitative estimate of drug-likeness (QED) is 0.426. The monoisotopic (exact) mass is 378 g/mol. The summed E-state index contributed by atoms with van der Waals surface area (Å²) in [7, 11) is 0. The minimum Gasteiger partial charge on any atom is -0.369 e. The average Bonchev–Trinajstić information content (AvgIpc) is 2.95. The normalized spacial score (nSPS) is 15.1. The first kappa shape index (κ1) is 19.2. The Morgan fingerprint density at radius 2 is 1.46 bits per heavy atom. The summed E-state index contributed by atoms with van der Waals surface area (Å²) in [5.41, 5.74) is 6.35. The van der Waals surface area contributed by atoms with E-state index in [1.807, 2.05) is 0 Å². The number of nitrogens with two attached hydrogens (primary N) is 1. The largest absolute Gasteiger partial charge is 0.369 e. The van der Waals surface area contributed by atoms with Crippen LogP contribution >= 0.6 is 0 Å². The van der Waals surface area contributed by atoms with Crippen molar-refractivity contribution in [1.29, 1.82) is 0 Å². The van der Waals surface area contributed by atoms with Gasteiger partial charge >= 0.3 is 0 Å². The minimum absolute atomic E-state index is 0.264. The molecule has 0 spiro atoms. The summed E-state index contributed by atoms with van der Waals surface area (Å²) < 4.78 is 0. The molecule has 7 nitrogen and oxygen atoms in total. The molecule has 0 bridgehead atoms. The lowest BCUT2D eigenvalue weighted by molar-refractivity contribution is -0.134. The topological polar surface area (TPSA) is 115 Å². The molecular formula is C21H18N2O5. The van der Waals surface area contributed by atoms with E-state index in [2.05, 4.69) is 0 Å². The number of amides is 3. The first-order valence-electron chi connectivity index (χ1n) is 8.73. The lowest BCUT2D eigenvalue weighted by atomic mass is 9.91. The Hall–Kier alpha value is -3.61. The van der Waals surface area contributed by atoms with E-state index in [0.29, 0.717) is 11.8 Å². The van der Waals surface area contributed by atoms with Crippen LogP contribution in [-0.2, 0) is 14.4 Å². The van der Waals surface area contributed by atoms with E-state index in [1.54, 1.807) is 54.6 Å². The predicted octanol–water partition coefficient (Wildman–Crippen LogP) is 1.67. The van der Waals surface area contributed by atoms with Crippen LogP contribution in [0.25, 0.3) is 0 Å². The molecule has 0 radical (unpaired) electrons. The van der Waals surface area contributed by atoms with Gasteiger partial charge in [0.1, 0.15) is 18.0 Å². The molecule has 3 amide bonds. The molecule has 2 aromatic rings. The Labute approximate surface area is 161 Å². The number of primary amides is 1. The van der Waals surface area contributed by atoms with E-state index in [-0.39, 0.29) is 24.0 Å².